The second-order valence-corrected chi connectivity index (χ2v) is 7.86. The van der Waals surface area contributed by atoms with Gasteiger partial charge in [-0.2, -0.15) is 0 Å². The van der Waals surface area contributed by atoms with Gasteiger partial charge in [0.05, 0.1) is 0 Å². The van der Waals surface area contributed by atoms with E-state index in [-0.39, 0.29) is 5.91 Å². The van der Waals surface area contributed by atoms with Crippen LogP contribution in [0.2, 0.25) is 0 Å². The van der Waals surface area contributed by atoms with Crippen LogP contribution in [0.1, 0.15) is 10.5 Å². The van der Waals surface area contributed by atoms with Crippen LogP contribution >= 0.6 is 0 Å². The maximum atomic E-state index is 12.6. The number of rotatable bonds is 4. The molecule has 1 N–H and O–H groups in total. The van der Waals surface area contributed by atoms with Crippen LogP contribution in [0.15, 0.2) is 36.4 Å². The Balaban J connectivity index is 1.34. The smallest absolute Gasteiger partial charge is 0.274 e. The topological polar surface area (TPSA) is 67.8 Å². The van der Waals surface area contributed by atoms with Gasteiger partial charge in [0.25, 0.3) is 5.91 Å². The molecule has 1 aromatic heterocycles. The van der Waals surface area contributed by atoms with Crippen LogP contribution in [0.25, 0.3) is 0 Å². The molecule has 8 nitrogen and oxygen atoms in total. The van der Waals surface area contributed by atoms with Crippen molar-refractivity contribution in [3.63, 3.8) is 0 Å². The molecule has 0 radical (unpaired) electrons. The average Bonchev–Trinajstić information content (AvgIpc) is 2.76. The minimum absolute atomic E-state index is 0.0475. The highest BCUT2D eigenvalue weighted by Crippen LogP contribution is 2.21. The number of piperazine rings is 2. The van der Waals surface area contributed by atoms with Gasteiger partial charge in [-0.25, -0.2) is 0 Å². The molecule has 154 valence electrons. The Morgan fingerprint density at radius 2 is 1.41 bits per heavy atom. The molecular weight excluding hydrogens is 366 g/mol. The molecule has 0 unspecified atom stereocenters. The molecule has 4 rings (SSSR count). The molecule has 0 saturated carbocycles. The van der Waals surface area contributed by atoms with Gasteiger partial charge in [0.2, 0.25) is 0 Å². The predicted octanol–water partition coefficient (Wildman–Crippen LogP) is 1.36. The van der Waals surface area contributed by atoms with Gasteiger partial charge in [0.15, 0.2) is 11.5 Å². The summed E-state index contributed by atoms with van der Waals surface area (Å²) in [5, 5.41) is 11.6. The fourth-order valence-electron chi connectivity index (χ4n) is 3.65. The van der Waals surface area contributed by atoms with E-state index in [2.05, 4.69) is 68.6 Å². The van der Waals surface area contributed by atoms with Crippen LogP contribution in [-0.2, 0) is 0 Å². The number of amides is 1. The van der Waals surface area contributed by atoms with Crippen LogP contribution in [-0.4, -0.2) is 97.3 Å². The Morgan fingerprint density at radius 1 is 0.793 bits per heavy atom. The molecule has 2 aliphatic heterocycles. The molecule has 1 amide bonds. The summed E-state index contributed by atoms with van der Waals surface area (Å²) in [5.74, 6) is 0.584. The molecule has 0 spiro atoms. The number of hydrogen-bond donors (Lipinski definition) is 1. The SMILES string of the molecule is CN1CCN(C(=O)c2ccc(Nc3ccc(N4CCN(C)CC4)cc3)nn2)CC1. The van der Waals surface area contributed by atoms with Crippen molar-refractivity contribution in [3.8, 4) is 0 Å². The molecule has 2 fully saturated rings. The molecule has 2 aromatic rings. The fourth-order valence-corrected chi connectivity index (χ4v) is 3.65. The highest BCUT2D eigenvalue weighted by atomic mass is 16.2. The summed E-state index contributed by atoms with van der Waals surface area (Å²) in [5.41, 5.74) is 2.59. The van der Waals surface area contributed by atoms with E-state index >= 15 is 0 Å². The van der Waals surface area contributed by atoms with Gasteiger partial charge >= 0.3 is 0 Å². The standard InChI is InChI=1S/C21H29N7O/c1-25-9-13-27(14-10-25)18-5-3-17(4-6-18)22-20-8-7-19(23-24-20)21(29)28-15-11-26(2)12-16-28/h3-8H,9-16H2,1-2H3,(H,22,24). The predicted molar refractivity (Wildman–Crippen MR) is 115 cm³/mol. The Kier molecular flexibility index (Phi) is 5.92. The number of carbonyl (C=O) groups excluding carboxylic acids is 1. The third kappa shape index (κ3) is 4.83. The normalized spacial score (nSPS) is 18.7. The molecule has 2 saturated heterocycles. The van der Waals surface area contributed by atoms with Gasteiger partial charge in [0.1, 0.15) is 0 Å². The van der Waals surface area contributed by atoms with Crippen molar-refractivity contribution in [2.45, 2.75) is 0 Å². The number of hydrogen-bond acceptors (Lipinski definition) is 7. The Hall–Kier alpha value is -2.71. The molecule has 0 bridgehead atoms. The van der Waals surface area contributed by atoms with Crippen LogP contribution in [0.4, 0.5) is 17.2 Å². The van der Waals surface area contributed by atoms with E-state index in [4.69, 9.17) is 0 Å². The van der Waals surface area contributed by atoms with Gasteiger partial charge in [-0.3, -0.25) is 4.79 Å². The maximum Gasteiger partial charge on any atom is 0.274 e. The first-order valence-electron chi connectivity index (χ1n) is 10.2. The van der Waals surface area contributed by atoms with Crippen molar-refractivity contribution in [2.75, 3.05) is 76.7 Å². The van der Waals surface area contributed by atoms with Gasteiger partial charge < -0.3 is 24.9 Å². The third-order valence-electron chi connectivity index (χ3n) is 5.68. The summed E-state index contributed by atoms with van der Waals surface area (Å²) >= 11 is 0. The molecule has 0 aliphatic carbocycles. The number of anilines is 3. The maximum absolute atomic E-state index is 12.6. The van der Waals surface area contributed by atoms with Crippen LogP contribution in [0.3, 0.4) is 0 Å². The molecule has 8 heteroatoms. The summed E-state index contributed by atoms with van der Waals surface area (Å²) in [6, 6.07) is 11.9. The first kappa shape index (κ1) is 19.6. The highest BCUT2D eigenvalue weighted by Gasteiger charge is 2.21. The van der Waals surface area contributed by atoms with E-state index in [0.29, 0.717) is 11.5 Å². The van der Waals surface area contributed by atoms with Crippen molar-refractivity contribution < 1.29 is 4.79 Å². The number of benzene rings is 1. The summed E-state index contributed by atoms with van der Waals surface area (Å²) in [7, 11) is 4.23. The van der Waals surface area contributed by atoms with Gasteiger partial charge in [-0.05, 0) is 50.5 Å². The molecule has 0 atom stereocenters. The number of aromatic nitrogens is 2. The monoisotopic (exact) mass is 395 g/mol. The van der Waals surface area contributed by atoms with Crippen molar-refractivity contribution in [3.05, 3.63) is 42.1 Å². The third-order valence-corrected chi connectivity index (χ3v) is 5.68. The minimum atomic E-state index is -0.0475. The number of nitrogens with one attached hydrogen (secondary N) is 1. The van der Waals surface area contributed by atoms with E-state index in [1.807, 2.05) is 11.0 Å². The van der Waals surface area contributed by atoms with Crippen molar-refractivity contribution in [1.82, 2.24) is 24.9 Å². The lowest BCUT2D eigenvalue weighted by Crippen LogP contribution is -2.47. The molecule has 3 heterocycles. The Morgan fingerprint density at radius 3 is 2.00 bits per heavy atom. The second kappa shape index (κ2) is 8.75. The Labute approximate surface area is 172 Å². The first-order chi connectivity index (χ1) is 14.1. The lowest BCUT2D eigenvalue weighted by atomic mass is 10.2. The van der Waals surface area contributed by atoms with E-state index in [9.17, 15) is 4.79 Å². The summed E-state index contributed by atoms with van der Waals surface area (Å²) < 4.78 is 0. The second-order valence-electron chi connectivity index (χ2n) is 7.86. The summed E-state index contributed by atoms with van der Waals surface area (Å²) in [6.07, 6.45) is 0. The van der Waals surface area contributed by atoms with Crippen LogP contribution in [0.5, 0.6) is 0 Å². The first-order valence-corrected chi connectivity index (χ1v) is 10.2. The zero-order chi connectivity index (χ0) is 20.2. The molecule has 29 heavy (non-hydrogen) atoms. The number of carbonyl (C=O) groups is 1. The fraction of sp³-hybridized carbons (Fsp3) is 0.476. The van der Waals surface area contributed by atoms with E-state index in [0.717, 1.165) is 58.0 Å². The van der Waals surface area contributed by atoms with Crippen LogP contribution < -0.4 is 10.2 Å². The zero-order valence-electron chi connectivity index (χ0n) is 17.2. The van der Waals surface area contributed by atoms with Crippen molar-refractivity contribution in [1.29, 1.82) is 0 Å². The van der Waals surface area contributed by atoms with Crippen molar-refractivity contribution >= 4 is 23.1 Å². The number of nitrogens with zero attached hydrogens (tertiary/aromatic N) is 6. The summed E-state index contributed by atoms with van der Waals surface area (Å²) in [4.78, 5) is 21.4. The van der Waals surface area contributed by atoms with E-state index < -0.39 is 0 Å². The lowest BCUT2D eigenvalue weighted by Gasteiger charge is -2.34. The van der Waals surface area contributed by atoms with Gasteiger partial charge in [-0.1, -0.05) is 0 Å². The quantitative estimate of drug-likeness (QED) is 0.838. The van der Waals surface area contributed by atoms with Gasteiger partial charge in [-0.15, -0.1) is 10.2 Å². The Bertz CT molecular complexity index is 808. The van der Waals surface area contributed by atoms with Crippen molar-refractivity contribution in [2.24, 2.45) is 0 Å². The van der Waals surface area contributed by atoms with Gasteiger partial charge in [0, 0.05) is 63.7 Å². The molecule has 2 aliphatic rings. The van der Waals surface area contributed by atoms with E-state index in [1.54, 1.807) is 6.07 Å². The highest BCUT2D eigenvalue weighted by molar-refractivity contribution is 5.92. The lowest BCUT2D eigenvalue weighted by molar-refractivity contribution is 0.0657. The van der Waals surface area contributed by atoms with E-state index in [1.165, 1.54) is 5.69 Å². The largest absolute Gasteiger partial charge is 0.369 e. The number of likely N-dealkylation sites (N-methyl/N-ethyl adjacent to an activating group) is 2. The molecular formula is C21H29N7O. The summed E-state index contributed by atoms with van der Waals surface area (Å²) in [6.45, 7) is 7.54. The molecule has 1 aromatic carbocycles. The van der Waals surface area contributed by atoms with Crippen LogP contribution in [0, 0.1) is 0 Å². The zero-order valence-corrected chi connectivity index (χ0v) is 17.2. The average molecular weight is 396 g/mol. The minimum Gasteiger partial charge on any atom is -0.369 e.